The number of carboxylic acids is 1. The van der Waals surface area contributed by atoms with E-state index < -0.39 is 5.97 Å². The van der Waals surface area contributed by atoms with Crippen LogP contribution in [-0.4, -0.2) is 28.5 Å². The SMILES string of the molecule is CCC[C@H](c1ccc(C(=O)NCCC(=O)O)cc1)[C@H](c1ccc(Cl)cc1)c1c[nH]c2c(F)cc(C)cc12. The minimum Gasteiger partial charge on any atom is -0.481 e. The zero-order valence-corrected chi connectivity index (χ0v) is 21.6. The highest BCUT2D eigenvalue weighted by molar-refractivity contribution is 6.30. The number of aryl methyl sites for hydroxylation is 1. The van der Waals surface area contributed by atoms with Crippen molar-refractivity contribution < 1.29 is 19.1 Å². The van der Waals surface area contributed by atoms with Gasteiger partial charge in [0.2, 0.25) is 0 Å². The predicted molar refractivity (Wildman–Crippen MR) is 145 cm³/mol. The van der Waals surface area contributed by atoms with Gasteiger partial charge >= 0.3 is 5.97 Å². The van der Waals surface area contributed by atoms with Crippen LogP contribution in [0.15, 0.2) is 66.9 Å². The van der Waals surface area contributed by atoms with Crippen LogP contribution in [0.3, 0.4) is 0 Å². The first-order chi connectivity index (χ1) is 17.8. The number of carboxylic acid groups (broad SMARTS) is 1. The van der Waals surface area contributed by atoms with Gasteiger partial charge in [0, 0.05) is 34.6 Å². The average Bonchev–Trinajstić information content (AvgIpc) is 3.28. The second kappa shape index (κ2) is 11.6. The summed E-state index contributed by atoms with van der Waals surface area (Å²) >= 11 is 6.21. The van der Waals surface area contributed by atoms with E-state index >= 15 is 0 Å². The van der Waals surface area contributed by atoms with E-state index in [4.69, 9.17) is 16.7 Å². The van der Waals surface area contributed by atoms with Crippen molar-refractivity contribution >= 4 is 34.4 Å². The van der Waals surface area contributed by atoms with Crippen LogP contribution in [0.1, 0.15) is 70.6 Å². The minimum atomic E-state index is -0.960. The summed E-state index contributed by atoms with van der Waals surface area (Å²) in [7, 11) is 0. The number of aromatic amines is 1. The summed E-state index contributed by atoms with van der Waals surface area (Å²) in [6.45, 7) is 4.10. The van der Waals surface area contributed by atoms with Crippen molar-refractivity contribution in [3.05, 3.63) is 106 Å². The van der Waals surface area contributed by atoms with Crippen LogP contribution in [0.5, 0.6) is 0 Å². The number of nitrogens with one attached hydrogen (secondary N) is 2. The van der Waals surface area contributed by atoms with E-state index in [2.05, 4.69) is 17.2 Å². The molecule has 0 fully saturated rings. The summed E-state index contributed by atoms with van der Waals surface area (Å²) < 4.78 is 14.8. The quantitative estimate of drug-likeness (QED) is 0.207. The summed E-state index contributed by atoms with van der Waals surface area (Å²) in [6.07, 6.45) is 3.58. The lowest BCUT2D eigenvalue weighted by molar-refractivity contribution is -0.136. The van der Waals surface area contributed by atoms with Crippen molar-refractivity contribution in [2.45, 2.75) is 44.9 Å². The molecule has 1 aromatic heterocycles. The monoisotopic (exact) mass is 520 g/mol. The van der Waals surface area contributed by atoms with Crippen LogP contribution in [0, 0.1) is 12.7 Å². The van der Waals surface area contributed by atoms with E-state index in [-0.39, 0.29) is 36.5 Å². The highest BCUT2D eigenvalue weighted by Crippen LogP contribution is 2.44. The number of hydrogen-bond acceptors (Lipinski definition) is 2. The molecule has 3 aromatic carbocycles. The Kier molecular flexibility index (Phi) is 8.29. The molecule has 0 saturated carbocycles. The number of carbonyl (C=O) groups is 2. The van der Waals surface area contributed by atoms with Crippen LogP contribution in [0.25, 0.3) is 10.9 Å². The molecule has 0 aliphatic carbocycles. The molecule has 0 saturated heterocycles. The van der Waals surface area contributed by atoms with Gasteiger partial charge in [0.1, 0.15) is 5.82 Å². The summed E-state index contributed by atoms with van der Waals surface area (Å²) in [4.78, 5) is 26.3. The molecule has 1 heterocycles. The third-order valence-corrected chi connectivity index (χ3v) is 6.96. The van der Waals surface area contributed by atoms with Crippen LogP contribution < -0.4 is 5.32 Å². The Bertz CT molecular complexity index is 1400. The minimum absolute atomic E-state index is 0.0536. The number of carbonyl (C=O) groups excluding carboxylic acids is 1. The van der Waals surface area contributed by atoms with E-state index in [0.717, 1.165) is 40.5 Å². The van der Waals surface area contributed by atoms with Gasteiger partial charge in [0.15, 0.2) is 0 Å². The zero-order chi connectivity index (χ0) is 26.5. The number of hydrogen-bond donors (Lipinski definition) is 3. The second-order valence-electron chi connectivity index (χ2n) is 9.36. The highest BCUT2D eigenvalue weighted by atomic mass is 35.5. The van der Waals surface area contributed by atoms with Crippen LogP contribution in [0.4, 0.5) is 4.39 Å². The fourth-order valence-electron chi connectivity index (χ4n) is 5.00. The van der Waals surface area contributed by atoms with Crippen molar-refractivity contribution in [2.75, 3.05) is 6.54 Å². The molecule has 1 amide bonds. The van der Waals surface area contributed by atoms with E-state index in [0.29, 0.717) is 16.1 Å². The number of fused-ring (bicyclic) bond motifs is 1. The Morgan fingerprint density at radius 3 is 2.38 bits per heavy atom. The second-order valence-corrected chi connectivity index (χ2v) is 9.80. The van der Waals surface area contributed by atoms with Crippen molar-refractivity contribution in [2.24, 2.45) is 0 Å². The molecule has 37 heavy (non-hydrogen) atoms. The Morgan fingerprint density at radius 2 is 1.73 bits per heavy atom. The van der Waals surface area contributed by atoms with E-state index in [1.54, 1.807) is 12.1 Å². The lowest BCUT2D eigenvalue weighted by atomic mass is 9.75. The van der Waals surface area contributed by atoms with Crippen molar-refractivity contribution in [1.82, 2.24) is 10.3 Å². The molecule has 0 spiro atoms. The number of rotatable bonds is 10. The molecule has 7 heteroatoms. The van der Waals surface area contributed by atoms with Gasteiger partial charge in [0.25, 0.3) is 5.91 Å². The van der Waals surface area contributed by atoms with Gasteiger partial charge < -0.3 is 15.4 Å². The number of halogens is 2. The maximum absolute atomic E-state index is 14.8. The summed E-state index contributed by atoms with van der Waals surface area (Å²) in [5.74, 6) is -1.57. The van der Waals surface area contributed by atoms with E-state index in [9.17, 15) is 14.0 Å². The zero-order valence-electron chi connectivity index (χ0n) is 20.9. The van der Waals surface area contributed by atoms with Crippen molar-refractivity contribution in [3.8, 4) is 0 Å². The predicted octanol–water partition coefficient (Wildman–Crippen LogP) is 7.19. The molecule has 5 nitrogen and oxygen atoms in total. The number of amides is 1. The number of benzene rings is 3. The van der Waals surface area contributed by atoms with Gasteiger partial charge in [-0.2, -0.15) is 0 Å². The summed E-state index contributed by atoms with van der Waals surface area (Å²) in [6, 6.07) is 18.8. The molecular formula is C30H30ClFN2O3. The fraction of sp³-hybridized carbons (Fsp3) is 0.267. The normalized spacial score (nSPS) is 12.9. The maximum atomic E-state index is 14.8. The molecule has 192 valence electrons. The lowest BCUT2D eigenvalue weighted by Crippen LogP contribution is -2.26. The molecule has 2 atom stereocenters. The third kappa shape index (κ3) is 6.03. The number of aromatic nitrogens is 1. The summed E-state index contributed by atoms with van der Waals surface area (Å²) in [5.41, 5.74) is 4.95. The van der Waals surface area contributed by atoms with Gasteiger partial charge in [-0.25, -0.2) is 4.39 Å². The Hall–Kier alpha value is -3.64. The molecule has 3 N–H and O–H groups in total. The molecular weight excluding hydrogens is 491 g/mol. The van der Waals surface area contributed by atoms with Gasteiger partial charge in [-0.3, -0.25) is 9.59 Å². The highest BCUT2D eigenvalue weighted by Gasteiger charge is 2.29. The Labute approximate surface area is 220 Å². The maximum Gasteiger partial charge on any atom is 0.305 e. The largest absolute Gasteiger partial charge is 0.481 e. The van der Waals surface area contributed by atoms with Crippen LogP contribution in [0.2, 0.25) is 5.02 Å². The standard InChI is InChI=1S/C30H30ClFN2O3/c1-3-4-23(19-5-7-21(8-6-19)30(37)33-14-13-27(35)36)28(20-9-11-22(31)12-10-20)25-17-34-29-24(25)15-18(2)16-26(29)32/h5-12,15-17,23,28,34H,3-4,13-14H2,1-2H3,(H,33,37)(H,35,36)/t23-,28+/m1/s1. The number of H-pyrrole nitrogens is 1. The number of aliphatic carboxylic acids is 1. The fourth-order valence-corrected chi connectivity index (χ4v) is 5.13. The van der Waals surface area contributed by atoms with Gasteiger partial charge in [0.05, 0.1) is 11.9 Å². The topological polar surface area (TPSA) is 82.2 Å². The Morgan fingerprint density at radius 1 is 1.05 bits per heavy atom. The molecule has 0 bridgehead atoms. The molecule has 0 aliphatic rings. The van der Waals surface area contributed by atoms with Crippen LogP contribution in [-0.2, 0) is 4.79 Å². The summed E-state index contributed by atoms with van der Waals surface area (Å²) in [5, 5.41) is 12.9. The van der Waals surface area contributed by atoms with E-state index in [1.165, 1.54) is 6.07 Å². The smallest absolute Gasteiger partial charge is 0.305 e. The molecule has 4 rings (SSSR count). The van der Waals surface area contributed by atoms with Gasteiger partial charge in [-0.1, -0.05) is 49.2 Å². The van der Waals surface area contributed by atoms with Crippen molar-refractivity contribution in [1.29, 1.82) is 0 Å². The molecule has 0 unspecified atom stereocenters. The molecule has 0 aliphatic heterocycles. The molecule has 4 aromatic rings. The van der Waals surface area contributed by atoms with Crippen LogP contribution >= 0.6 is 11.6 Å². The van der Waals surface area contributed by atoms with Gasteiger partial charge in [-0.15, -0.1) is 0 Å². The Balaban J connectivity index is 1.76. The lowest BCUT2D eigenvalue weighted by Gasteiger charge is -2.28. The van der Waals surface area contributed by atoms with Crippen molar-refractivity contribution in [3.63, 3.8) is 0 Å². The molecule has 0 radical (unpaired) electrons. The first-order valence-electron chi connectivity index (χ1n) is 12.4. The average molecular weight is 521 g/mol. The van der Waals surface area contributed by atoms with E-state index in [1.807, 2.05) is 55.6 Å². The van der Waals surface area contributed by atoms with Gasteiger partial charge in [-0.05, 0) is 77.9 Å². The third-order valence-electron chi connectivity index (χ3n) is 6.71. The first-order valence-corrected chi connectivity index (χ1v) is 12.8. The first kappa shape index (κ1) is 26.4.